The van der Waals surface area contributed by atoms with Crippen molar-refractivity contribution in [3.8, 4) is 0 Å². The van der Waals surface area contributed by atoms with Gasteiger partial charge in [-0.15, -0.1) is 0 Å². The first-order valence-corrected chi connectivity index (χ1v) is 7.10. The Morgan fingerprint density at radius 3 is 2.76 bits per heavy atom. The summed E-state index contributed by atoms with van der Waals surface area (Å²) in [5.74, 6) is 0.124. The van der Waals surface area contributed by atoms with Crippen molar-refractivity contribution in [1.82, 2.24) is 10.2 Å². The molecule has 0 fully saturated rings. The third-order valence-electron chi connectivity index (χ3n) is 3.23. The van der Waals surface area contributed by atoms with Gasteiger partial charge in [0.25, 0.3) is 5.91 Å². The maximum atomic E-state index is 12.3. The topological polar surface area (TPSA) is 65.7 Å². The van der Waals surface area contributed by atoms with Crippen LogP contribution in [0.5, 0.6) is 0 Å². The number of para-hydroxylation sites is 1. The van der Waals surface area contributed by atoms with E-state index in [-0.39, 0.29) is 5.91 Å². The highest BCUT2D eigenvalue weighted by Crippen LogP contribution is 2.26. The maximum absolute atomic E-state index is 12.3. The molecule has 1 atom stereocenters. The van der Waals surface area contributed by atoms with E-state index in [1.807, 2.05) is 43.3 Å². The van der Waals surface area contributed by atoms with Gasteiger partial charge in [0.2, 0.25) is 0 Å². The third-order valence-corrected chi connectivity index (χ3v) is 3.23. The van der Waals surface area contributed by atoms with Gasteiger partial charge in [0.15, 0.2) is 5.76 Å². The highest BCUT2D eigenvalue weighted by Gasteiger charge is 2.20. The maximum Gasteiger partial charge on any atom is 0.287 e. The fourth-order valence-electron chi connectivity index (χ4n) is 2.23. The first-order valence-electron chi connectivity index (χ1n) is 7.10. The van der Waals surface area contributed by atoms with Crippen LogP contribution in [0.25, 0.3) is 11.0 Å². The molecule has 0 saturated carbocycles. The summed E-state index contributed by atoms with van der Waals surface area (Å²) >= 11 is 0. The van der Waals surface area contributed by atoms with Crippen LogP contribution in [0.1, 0.15) is 29.5 Å². The standard InChI is InChI=1S/C16H22N2O3/c1-11(19)8-9-17-16(20)15-13(10-18(2)3)12-6-4-5-7-14(12)21-15/h4-7,11,19H,8-10H2,1-3H3,(H,17,20). The van der Waals surface area contributed by atoms with E-state index in [1.165, 1.54) is 0 Å². The number of carbonyl (C=O) groups excluding carboxylic acids is 1. The lowest BCUT2D eigenvalue weighted by Gasteiger charge is -2.10. The Bertz CT molecular complexity index is 617. The summed E-state index contributed by atoms with van der Waals surface area (Å²) in [6.45, 7) is 2.76. The Morgan fingerprint density at radius 1 is 1.38 bits per heavy atom. The van der Waals surface area contributed by atoms with Crippen molar-refractivity contribution >= 4 is 16.9 Å². The number of benzene rings is 1. The van der Waals surface area contributed by atoms with E-state index >= 15 is 0 Å². The lowest BCUT2D eigenvalue weighted by atomic mass is 10.1. The second-order valence-corrected chi connectivity index (χ2v) is 5.54. The van der Waals surface area contributed by atoms with Gasteiger partial charge < -0.3 is 19.7 Å². The molecule has 2 aromatic rings. The molecule has 0 aliphatic rings. The van der Waals surface area contributed by atoms with Crippen LogP contribution < -0.4 is 5.32 Å². The van der Waals surface area contributed by atoms with Crippen molar-refractivity contribution in [2.75, 3.05) is 20.6 Å². The van der Waals surface area contributed by atoms with Crippen LogP contribution in [0, 0.1) is 0 Å². The minimum Gasteiger partial charge on any atom is -0.451 e. The van der Waals surface area contributed by atoms with Crippen molar-refractivity contribution < 1.29 is 14.3 Å². The van der Waals surface area contributed by atoms with Gasteiger partial charge in [-0.25, -0.2) is 0 Å². The van der Waals surface area contributed by atoms with E-state index in [0.29, 0.717) is 25.3 Å². The Kier molecular flexibility index (Phi) is 4.98. The van der Waals surface area contributed by atoms with Crippen molar-refractivity contribution in [2.24, 2.45) is 0 Å². The minimum absolute atomic E-state index is 0.233. The second-order valence-electron chi connectivity index (χ2n) is 5.54. The lowest BCUT2D eigenvalue weighted by molar-refractivity contribution is 0.0918. The van der Waals surface area contributed by atoms with Gasteiger partial charge in [0, 0.05) is 24.0 Å². The number of nitrogens with zero attached hydrogens (tertiary/aromatic N) is 1. The summed E-state index contributed by atoms with van der Waals surface area (Å²) in [5, 5.41) is 13.0. The number of furan rings is 1. The number of aliphatic hydroxyl groups is 1. The molecule has 2 N–H and O–H groups in total. The first-order chi connectivity index (χ1) is 9.99. The number of hydrogen-bond acceptors (Lipinski definition) is 4. The van der Waals surface area contributed by atoms with Gasteiger partial charge in [-0.3, -0.25) is 4.79 Å². The van der Waals surface area contributed by atoms with Gasteiger partial charge in [-0.2, -0.15) is 0 Å². The number of amides is 1. The molecule has 2 rings (SSSR count). The summed E-state index contributed by atoms with van der Waals surface area (Å²) < 4.78 is 5.72. The molecule has 1 unspecified atom stereocenters. The minimum atomic E-state index is -0.429. The van der Waals surface area contributed by atoms with Gasteiger partial charge in [-0.1, -0.05) is 18.2 Å². The molecule has 21 heavy (non-hydrogen) atoms. The fourth-order valence-corrected chi connectivity index (χ4v) is 2.23. The molecule has 0 aliphatic carbocycles. The van der Waals surface area contributed by atoms with E-state index < -0.39 is 6.10 Å². The monoisotopic (exact) mass is 290 g/mol. The molecular formula is C16H22N2O3. The Labute approximate surface area is 124 Å². The number of fused-ring (bicyclic) bond motifs is 1. The summed E-state index contributed by atoms with van der Waals surface area (Å²) in [4.78, 5) is 14.3. The molecule has 0 radical (unpaired) electrons. The third kappa shape index (κ3) is 3.83. The van der Waals surface area contributed by atoms with Gasteiger partial charge in [0.1, 0.15) is 5.58 Å². The molecule has 0 spiro atoms. The molecule has 5 heteroatoms. The molecular weight excluding hydrogens is 268 g/mol. The molecule has 1 amide bonds. The van der Waals surface area contributed by atoms with Gasteiger partial charge in [0.05, 0.1) is 6.10 Å². The highest BCUT2D eigenvalue weighted by molar-refractivity contribution is 5.99. The van der Waals surface area contributed by atoms with Crippen LogP contribution in [0.3, 0.4) is 0 Å². The SMILES string of the molecule is CC(O)CCNC(=O)c1oc2ccccc2c1CN(C)C. The van der Waals surface area contributed by atoms with E-state index in [0.717, 1.165) is 16.5 Å². The Morgan fingerprint density at radius 2 is 2.10 bits per heavy atom. The van der Waals surface area contributed by atoms with Crippen LogP contribution in [0.2, 0.25) is 0 Å². The smallest absolute Gasteiger partial charge is 0.287 e. The van der Waals surface area contributed by atoms with Crippen molar-refractivity contribution in [1.29, 1.82) is 0 Å². The number of rotatable bonds is 6. The molecule has 0 bridgehead atoms. The normalized spacial score (nSPS) is 12.8. The molecule has 0 aliphatic heterocycles. The fraction of sp³-hybridized carbons (Fsp3) is 0.438. The van der Waals surface area contributed by atoms with Crippen LogP contribution >= 0.6 is 0 Å². The predicted molar refractivity (Wildman–Crippen MR) is 82.2 cm³/mol. The van der Waals surface area contributed by atoms with E-state index in [1.54, 1.807) is 6.92 Å². The average molecular weight is 290 g/mol. The van der Waals surface area contributed by atoms with Crippen molar-refractivity contribution in [3.05, 3.63) is 35.6 Å². The van der Waals surface area contributed by atoms with Crippen LogP contribution in [-0.4, -0.2) is 42.7 Å². The summed E-state index contributed by atoms with van der Waals surface area (Å²) in [6.07, 6.45) is 0.0943. The molecule has 114 valence electrons. The van der Waals surface area contributed by atoms with E-state index in [9.17, 15) is 9.90 Å². The van der Waals surface area contributed by atoms with Crippen molar-refractivity contribution in [3.63, 3.8) is 0 Å². The molecule has 1 aromatic carbocycles. The average Bonchev–Trinajstić information content (AvgIpc) is 2.77. The number of carbonyl (C=O) groups is 1. The van der Waals surface area contributed by atoms with Gasteiger partial charge in [-0.05, 0) is 33.5 Å². The highest BCUT2D eigenvalue weighted by atomic mass is 16.3. The molecule has 0 saturated heterocycles. The van der Waals surface area contributed by atoms with E-state index in [2.05, 4.69) is 5.32 Å². The second kappa shape index (κ2) is 6.74. The van der Waals surface area contributed by atoms with Crippen molar-refractivity contribution in [2.45, 2.75) is 26.0 Å². The summed E-state index contributed by atoms with van der Waals surface area (Å²) in [5.41, 5.74) is 1.61. The Balaban J connectivity index is 2.26. The predicted octanol–water partition coefficient (Wildman–Crippen LogP) is 2.00. The molecule has 5 nitrogen and oxygen atoms in total. The zero-order valence-electron chi connectivity index (χ0n) is 12.7. The zero-order valence-corrected chi connectivity index (χ0v) is 12.7. The number of hydrogen-bond donors (Lipinski definition) is 2. The summed E-state index contributed by atoms with van der Waals surface area (Å²) in [7, 11) is 3.91. The molecule has 1 aromatic heterocycles. The van der Waals surface area contributed by atoms with Crippen LogP contribution in [0.4, 0.5) is 0 Å². The number of nitrogens with one attached hydrogen (secondary N) is 1. The molecule has 1 heterocycles. The first kappa shape index (κ1) is 15.5. The summed E-state index contributed by atoms with van der Waals surface area (Å²) in [6, 6.07) is 7.65. The Hall–Kier alpha value is -1.85. The van der Waals surface area contributed by atoms with Gasteiger partial charge >= 0.3 is 0 Å². The number of aliphatic hydroxyl groups excluding tert-OH is 1. The quantitative estimate of drug-likeness (QED) is 0.854. The van der Waals surface area contributed by atoms with Crippen LogP contribution in [0.15, 0.2) is 28.7 Å². The zero-order chi connectivity index (χ0) is 15.4. The largest absolute Gasteiger partial charge is 0.451 e. The van der Waals surface area contributed by atoms with E-state index in [4.69, 9.17) is 4.42 Å². The lowest BCUT2D eigenvalue weighted by Crippen LogP contribution is -2.27. The van der Waals surface area contributed by atoms with Crippen LogP contribution in [-0.2, 0) is 6.54 Å².